The van der Waals surface area contributed by atoms with Crippen LogP contribution >= 0.6 is 0 Å². The first kappa shape index (κ1) is 54.1. The molecule has 0 saturated heterocycles. The summed E-state index contributed by atoms with van der Waals surface area (Å²) >= 11 is 0. The lowest BCUT2D eigenvalue weighted by molar-refractivity contribution is -0.138. The number of nitrogens with zero attached hydrogens (tertiary/aromatic N) is 6. The number of carbonyl (C=O) groups excluding carboxylic acids is 3. The van der Waals surface area contributed by atoms with Crippen molar-refractivity contribution in [3.8, 4) is 85.8 Å². The summed E-state index contributed by atoms with van der Waals surface area (Å²) in [5, 5.41) is 13.0. The van der Waals surface area contributed by atoms with E-state index in [1.165, 1.54) is 0 Å². The molecule has 0 fully saturated rings. The summed E-state index contributed by atoms with van der Waals surface area (Å²) in [7, 11) is 0. The van der Waals surface area contributed by atoms with E-state index in [9.17, 15) is 14.4 Å². The molecule has 3 aromatic heterocycles. The molecule has 390 valence electrons. The van der Waals surface area contributed by atoms with Gasteiger partial charge < -0.3 is 42.0 Å². The lowest BCUT2D eigenvalue weighted by Gasteiger charge is -2.07. The van der Waals surface area contributed by atoms with Crippen molar-refractivity contribution in [1.82, 2.24) is 30.4 Å². The van der Waals surface area contributed by atoms with Gasteiger partial charge in [0.1, 0.15) is 17.2 Å². The molecule has 7 aromatic rings. The summed E-state index contributed by atoms with van der Waals surface area (Å²) in [5.74, 6) is 2.52. The first-order chi connectivity index (χ1) is 36.8. The molecular weight excluding hydrogens is 961 g/mol. The molecule has 0 saturated carbocycles. The highest BCUT2D eigenvalue weighted by atomic mass is 16.5. The molecule has 0 spiro atoms. The van der Waals surface area contributed by atoms with Gasteiger partial charge >= 0.3 is 17.9 Å². The van der Waals surface area contributed by atoms with Crippen LogP contribution in [0.25, 0.3) is 68.5 Å². The second-order valence-corrected chi connectivity index (χ2v) is 17.1. The van der Waals surface area contributed by atoms with Gasteiger partial charge in [-0.05, 0) is 119 Å². The Balaban J connectivity index is 1.05. The number of hydrogen-bond acceptors (Lipinski definition) is 18. The van der Waals surface area contributed by atoms with E-state index >= 15 is 0 Å². The second kappa shape index (κ2) is 29.1. The van der Waals surface area contributed by atoms with Gasteiger partial charge in [0, 0.05) is 52.0 Å². The van der Waals surface area contributed by atoms with Crippen molar-refractivity contribution in [2.45, 2.75) is 83.5 Å². The Morgan fingerprint density at radius 2 is 0.773 bits per heavy atom. The van der Waals surface area contributed by atoms with Crippen LogP contribution in [0.15, 0.2) is 143 Å². The van der Waals surface area contributed by atoms with Crippen molar-refractivity contribution in [1.29, 1.82) is 0 Å². The van der Waals surface area contributed by atoms with Crippen molar-refractivity contribution in [2.24, 2.45) is 0 Å². The fraction of sp³-hybridized carbons (Fsp3) is 0.316. The maximum absolute atomic E-state index is 11.6. The molecule has 0 amide bonds. The minimum absolute atomic E-state index is 0.206. The molecule has 7 rings (SSSR count). The zero-order valence-corrected chi connectivity index (χ0v) is 41.8. The van der Waals surface area contributed by atoms with Gasteiger partial charge in [-0.3, -0.25) is 4.79 Å². The van der Waals surface area contributed by atoms with E-state index in [0.29, 0.717) is 108 Å². The van der Waals surface area contributed by atoms with E-state index in [2.05, 4.69) is 35.2 Å². The number of ether oxygens (including phenoxy) is 6. The van der Waals surface area contributed by atoms with E-state index < -0.39 is 11.9 Å². The highest BCUT2D eigenvalue weighted by molar-refractivity contribution is 5.81. The first-order valence-electron chi connectivity index (χ1n) is 25.0. The molecule has 3 heterocycles. The lowest BCUT2D eigenvalue weighted by Crippen LogP contribution is -2.02. The normalized spacial score (nSPS) is 10.9. The maximum atomic E-state index is 11.6. The van der Waals surface area contributed by atoms with Gasteiger partial charge in [-0.15, -0.1) is 0 Å². The number of unbranched alkanes of at least 4 members (excludes halogenated alkanes) is 9. The second-order valence-electron chi connectivity index (χ2n) is 17.1. The predicted molar refractivity (Wildman–Crippen MR) is 278 cm³/mol. The lowest BCUT2D eigenvalue weighted by atomic mass is 10.0. The Kier molecular flexibility index (Phi) is 21.0. The number of rotatable bonds is 33. The fourth-order valence-electron chi connectivity index (χ4n) is 7.57. The monoisotopic (exact) mass is 1020 g/mol. The zero-order valence-electron chi connectivity index (χ0n) is 41.8. The number of carbonyl (C=O) groups is 3. The molecule has 0 unspecified atom stereocenters. The summed E-state index contributed by atoms with van der Waals surface area (Å²) in [6.45, 7) is 12.5. The van der Waals surface area contributed by atoms with E-state index in [1.54, 1.807) is 18.2 Å². The van der Waals surface area contributed by atoms with Gasteiger partial charge in [0.05, 0.1) is 39.3 Å². The molecule has 0 N–H and O–H groups in total. The van der Waals surface area contributed by atoms with Crippen LogP contribution in [0.5, 0.6) is 17.2 Å². The van der Waals surface area contributed by atoms with E-state index in [0.717, 1.165) is 95.5 Å². The standard InChI is InChI=1S/C57H60N6O12/c1-4-49(64)71-32-17-11-9-15-30-69-47-26-20-23-41(38-47)53-59-56(74-62-53)44-34-43(55-58-52(61-73-55)40-22-19-25-46(37-40)68-29-14-8-7-13-28-51(66)67-6-3)35-45(36-44)57-60-54(63-75-57)42-24-21-27-48(39-42)70-31-16-10-12-18-33-72-50(65)5-2/h4-6,19-27,34-39H,1-3,7-18,28-33H2. The summed E-state index contributed by atoms with van der Waals surface area (Å²) in [4.78, 5) is 48.4. The molecule has 75 heavy (non-hydrogen) atoms. The fourth-order valence-corrected chi connectivity index (χ4v) is 7.57. The first-order valence-corrected chi connectivity index (χ1v) is 25.0. The van der Waals surface area contributed by atoms with Gasteiger partial charge in [-0.1, -0.05) is 84.4 Å². The average molecular weight is 1020 g/mol. The molecule has 0 atom stereocenters. The van der Waals surface area contributed by atoms with Crippen molar-refractivity contribution in [2.75, 3.05) is 33.0 Å². The molecule has 0 radical (unpaired) electrons. The Morgan fingerprint density at radius 1 is 0.427 bits per heavy atom. The van der Waals surface area contributed by atoms with Crippen LogP contribution < -0.4 is 14.2 Å². The topological polar surface area (TPSA) is 223 Å². The Morgan fingerprint density at radius 3 is 1.12 bits per heavy atom. The van der Waals surface area contributed by atoms with E-state index in [1.807, 2.05) is 72.8 Å². The molecule has 0 bridgehead atoms. The van der Waals surface area contributed by atoms with Crippen LogP contribution in [0.3, 0.4) is 0 Å². The van der Waals surface area contributed by atoms with Crippen molar-refractivity contribution >= 4 is 17.9 Å². The predicted octanol–water partition coefficient (Wildman–Crippen LogP) is 12.2. The van der Waals surface area contributed by atoms with Gasteiger partial charge in [0.25, 0.3) is 17.7 Å². The van der Waals surface area contributed by atoms with Crippen molar-refractivity contribution < 1.29 is 56.4 Å². The Bertz CT molecular complexity index is 2840. The largest absolute Gasteiger partial charge is 0.494 e. The van der Waals surface area contributed by atoms with E-state index in [-0.39, 0.29) is 23.6 Å². The Hall–Kier alpha value is -8.67. The van der Waals surface area contributed by atoms with Crippen LogP contribution in [0.2, 0.25) is 0 Å². The average Bonchev–Trinajstić information content (AvgIpc) is 4.26. The van der Waals surface area contributed by atoms with Gasteiger partial charge in [0.15, 0.2) is 0 Å². The molecule has 18 nitrogen and oxygen atoms in total. The SMILES string of the molecule is C=COC(=O)CCCCCCOc1cccc(-c2noc(-c3cc(-c4nc(-c5cccc(OCCCCCCOC(=O)C=C)c5)no4)cc(-c4nc(-c5cccc(OCCCCCCOC(=O)C=C)c5)no4)c3)n2)c1. The zero-order chi connectivity index (χ0) is 52.5. The van der Waals surface area contributed by atoms with Crippen LogP contribution in [0.1, 0.15) is 83.5 Å². The smallest absolute Gasteiger partial charge is 0.330 e. The quantitative estimate of drug-likeness (QED) is 0.0123. The third-order valence-electron chi connectivity index (χ3n) is 11.4. The summed E-state index contributed by atoms with van der Waals surface area (Å²) in [6.07, 6.45) is 14.0. The van der Waals surface area contributed by atoms with E-state index in [4.69, 9.17) is 56.9 Å². The molecule has 0 aliphatic heterocycles. The minimum Gasteiger partial charge on any atom is -0.494 e. The number of esters is 3. The van der Waals surface area contributed by atoms with Gasteiger partial charge in [0.2, 0.25) is 17.5 Å². The summed E-state index contributed by atoms with van der Waals surface area (Å²) < 4.78 is 50.7. The van der Waals surface area contributed by atoms with Gasteiger partial charge in [-0.25, -0.2) is 9.59 Å². The number of benzene rings is 4. The minimum atomic E-state index is -0.413. The molecule has 0 aliphatic carbocycles. The van der Waals surface area contributed by atoms with Crippen LogP contribution in [-0.4, -0.2) is 81.4 Å². The Labute approximate surface area is 434 Å². The summed E-state index contributed by atoms with van der Waals surface area (Å²) in [6, 6.07) is 27.8. The van der Waals surface area contributed by atoms with Gasteiger partial charge in [-0.2, -0.15) is 15.0 Å². The van der Waals surface area contributed by atoms with Crippen LogP contribution in [-0.2, 0) is 28.6 Å². The van der Waals surface area contributed by atoms with Crippen LogP contribution in [0.4, 0.5) is 0 Å². The van der Waals surface area contributed by atoms with Crippen molar-refractivity contribution in [3.05, 3.63) is 129 Å². The molecule has 18 heteroatoms. The highest BCUT2D eigenvalue weighted by Crippen LogP contribution is 2.35. The number of aromatic nitrogens is 6. The maximum Gasteiger partial charge on any atom is 0.330 e. The summed E-state index contributed by atoms with van der Waals surface area (Å²) in [5.41, 5.74) is 3.63. The third-order valence-corrected chi connectivity index (χ3v) is 11.4. The number of hydrogen-bond donors (Lipinski definition) is 0. The third kappa shape index (κ3) is 17.2. The molecule has 0 aliphatic rings. The molecule has 4 aromatic carbocycles. The molecular formula is C57H60N6O12. The highest BCUT2D eigenvalue weighted by Gasteiger charge is 2.21. The van der Waals surface area contributed by atoms with Crippen LogP contribution in [0, 0.1) is 0 Å². The van der Waals surface area contributed by atoms with Crippen molar-refractivity contribution in [3.63, 3.8) is 0 Å².